The van der Waals surface area contributed by atoms with Gasteiger partial charge in [-0.3, -0.25) is 4.79 Å². The second-order valence-electron chi connectivity index (χ2n) is 6.56. The minimum Gasteiger partial charge on any atom is -0.360 e. The quantitative estimate of drug-likeness (QED) is 0.738. The van der Waals surface area contributed by atoms with E-state index in [1.54, 1.807) is 13.1 Å². The van der Waals surface area contributed by atoms with Gasteiger partial charge >= 0.3 is 0 Å². The Kier molecular flexibility index (Phi) is 4.51. The molecule has 1 aromatic carbocycles. The summed E-state index contributed by atoms with van der Waals surface area (Å²) in [6, 6.07) is 8.31. The lowest BCUT2D eigenvalue weighted by atomic mass is 10.1. The van der Waals surface area contributed by atoms with Crippen LogP contribution >= 0.6 is 11.6 Å². The molecule has 1 amide bonds. The number of benzene rings is 1. The van der Waals surface area contributed by atoms with Gasteiger partial charge in [-0.1, -0.05) is 29.8 Å². The molecule has 0 unspecified atom stereocenters. The first-order valence-corrected chi connectivity index (χ1v) is 9.10. The van der Waals surface area contributed by atoms with Crippen LogP contribution < -0.4 is 5.32 Å². The Bertz CT molecular complexity index is 946. The number of aromatic nitrogens is 3. The second-order valence-corrected chi connectivity index (χ2v) is 6.97. The summed E-state index contributed by atoms with van der Waals surface area (Å²) in [6.07, 6.45) is 5.33. The predicted octanol–water partition coefficient (Wildman–Crippen LogP) is 3.70. The van der Waals surface area contributed by atoms with Crippen LogP contribution in [0.5, 0.6) is 0 Å². The average molecular weight is 370 g/mol. The van der Waals surface area contributed by atoms with Gasteiger partial charge in [0.25, 0.3) is 0 Å². The zero-order valence-electron chi connectivity index (χ0n) is 14.5. The highest BCUT2D eigenvalue weighted by Crippen LogP contribution is 2.32. The number of carbonyl (C=O) groups excluding carboxylic acids is 1. The van der Waals surface area contributed by atoms with Crippen LogP contribution in [0.1, 0.15) is 19.8 Å². The largest absolute Gasteiger partial charge is 0.360 e. The highest BCUT2D eigenvalue weighted by Gasteiger charge is 2.21. The van der Waals surface area contributed by atoms with Gasteiger partial charge in [-0.05, 0) is 18.9 Å². The lowest BCUT2D eigenvalue weighted by molar-refractivity contribution is -0.129. The lowest BCUT2D eigenvalue weighted by Crippen LogP contribution is -2.41. The van der Waals surface area contributed by atoms with Crippen molar-refractivity contribution in [2.24, 2.45) is 0 Å². The summed E-state index contributed by atoms with van der Waals surface area (Å²) < 4.78 is 0. The number of amides is 1. The summed E-state index contributed by atoms with van der Waals surface area (Å²) in [6.45, 7) is 3.13. The second kappa shape index (κ2) is 6.96. The molecule has 2 N–H and O–H groups in total. The van der Waals surface area contributed by atoms with E-state index in [1.807, 2.05) is 35.4 Å². The third kappa shape index (κ3) is 3.24. The van der Waals surface area contributed by atoms with Gasteiger partial charge in [-0.2, -0.15) is 0 Å². The molecule has 134 valence electrons. The molecule has 3 heterocycles. The Labute approximate surface area is 156 Å². The van der Waals surface area contributed by atoms with Crippen molar-refractivity contribution in [1.29, 1.82) is 0 Å². The predicted molar refractivity (Wildman–Crippen MR) is 103 cm³/mol. The maximum absolute atomic E-state index is 11.4. The number of para-hydroxylation sites is 1. The number of nitrogens with one attached hydrogen (secondary N) is 2. The Morgan fingerprint density at radius 3 is 2.85 bits per heavy atom. The Morgan fingerprint density at radius 1 is 1.31 bits per heavy atom. The highest BCUT2D eigenvalue weighted by molar-refractivity contribution is 6.33. The highest BCUT2D eigenvalue weighted by atomic mass is 35.5. The standard InChI is InChI=1S/C19H20ClN5O/c1-12(26)25-8-6-13(7-9-25)23-19-22-11-16(20)18(24-19)15-10-21-17-5-3-2-4-14(15)17/h2-5,10-11,13,21H,6-9H2,1H3,(H,22,23,24). The number of halogens is 1. The molecule has 0 atom stereocenters. The van der Waals surface area contributed by atoms with Gasteiger partial charge in [-0.15, -0.1) is 0 Å². The molecular weight excluding hydrogens is 350 g/mol. The van der Waals surface area contributed by atoms with Crippen LogP contribution in [0.4, 0.5) is 5.95 Å². The third-order valence-corrected chi connectivity index (χ3v) is 5.14. The van der Waals surface area contributed by atoms with Gasteiger partial charge in [0.15, 0.2) is 0 Å². The van der Waals surface area contributed by atoms with Gasteiger partial charge in [0, 0.05) is 48.7 Å². The van der Waals surface area contributed by atoms with Gasteiger partial charge < -0.3 is 15.2 Å². The molecule has 4 rings (SSSR count). The molecule has 3 aromatic rings. The Balaban J connectivity index is 1.56. The maximum atomic E-state index is 11.4. The fourth-order valence-electron chi connectivity index (χ4n) is 3.41. The molecule has 0 spiro atoms. The van der Waals surface area contributed by atoms with Crippen molar-refractivity contribution in [3.05, 3.63) is 41.7 Å². The zero-order valence-corrected chi connectivity index (χ0v) is 15.3. The number of aromatic amines is 1. The SMILES string of the molecule is CC(=O)N1CCC(Nc2ncc(Cl)c(-c3c[nH]c4ccccc34)n2)CC1. The molecule has 26 heavy (non-hydrogen) atoms. The van der Waals surface area contributed by atoms with Crippen molar-refractivity contribution in [1.82, 2.24) is 19.9 Å². The first-order valence-electron chi connectivity index (χ1n) is 8.73. The van der Waals surface area contributed by atoms with Crippen molar-refractivity contribution in [2.75, 3.05) is 18.4 Å². The molecule has 2 aromatic heterocycles. The molecular formula is C19H20ClN5O. The van der Waals surface area contributed by atoms with Crippen LogP contribution in [-0.2, 0) is 4.79 Å². The van der Waals surface area contributed by atoms with Gasteiger partial charge in [0.05, 0.1) is 16.9 Å². The van der Waals surface area contributed by atoms with Crippen LogP contribution in [0.15, 0.2) is 36.7 Å². The van der Waals surface area contributed by atoms with E-state index in [4.69, 9.17) is 11.6 Å². The molecule has 0 saturated carbocycles. The summed E-state index contributed by atoms with van der Waals surface area (Å²) in [4.78, 5) is 25.6. The Morgan fingerprint density at radius 2 is 2.08 bits per heavy atom. The van der Waals surface area contributed by atoms with Crippen LogP contribution in [-0.4, -0.2) is 44.9 Å². The first kappa shape index (κ1) is 16.8. The number of piperidine rings is 1. The van der Waals surface area contributed by atoms with Crippen LogP contribution in [0, 0.1) is 0 Å². The number of rotatable bonds is 3. The minimum atomic E-state index is 0.132. The molecule has 1 aliphatic heterocycles. The van der Waals surface area contributed by atoms with Crippen molar-refractivity contribution in [3.8, 4) is 11.3 Å². The van der Waals surface area contributed by atoms with Crippen LogP contribution in [0.2, 0.25) is 5.02 Å². The normalized spacial score (nSPS) is 15.4. The summed E-state index contributed by atoms with van der Waals surface area (Å²) in [5.41, 5.74) is 2.72. The number of carbonyl (C=O) groups is 1. The molecule has 1 saturated heterocycles. The van der Waals surface area contributed by atoms with E-state index in [-0.39, 0.29) is 11.9 Å². The maximum Gasteiger partial charge on any atom is 0.223 e. The van der Waals surface area contributed by atoms with Crippen molar-refractivity contribution < 1.29 is 4.79 Å². The summed E-state index contributed by atoms with van der Waals surface area (Å²) in [5.74, 6) is 0.698. The smallest absolute Gasteiger partial charge is 0.223 e. The molecule has 6 nitrogen and oxygen atoms in total. The summed E-state index contributed by atoms with van der Waals surface area (Å²) in [5, 5.41) is 4.99. The van der Waals surface area contributed by atoms with Crippen molar-refractivity contribution in [3.63, 3.8) is 0 Å². The summed E-state index contributed by atoms with van der Waals surface area (Å²) in [7, 11) is 0. The third-order valence-electron chi connectivity index (χ3n) is 4.86. The number of hydrogen-bond donors (Lipinski definition) is 2. The topological polar surface area (TPSA) is 73.9 Å². The van der Waals surface area contributed by atoms with E-state index >= 15 is 0 Å². The lowest BCUT2D eigenvalue weighted by Gasteiger charge is -2.31. The van der Waals surface area contributed by atoms with Gasteiger partial charge in [0.2, 0.25) is 11.9 Å². The first-order chi connectivity index (χ1) is 12.6. The van der Waals surface area contributed by atoms with E-state index in [1.165, 1.54) is 0 Å². The fraction of sp³-hybridized carbons (Fsp3) is 0.316. The molecule has 0 aliphatic carbocycles. The average Bonchev–Trinajstić information content (AvgIpc) is 3.08. The monoisotopic (exact) mass is 369 g/mol. The van der Waals surface area contributed by atoms with Gasteiger partial charge in [-0.25, -0.2) is 9.97 Å². The minimum absolute atomic E-state index is 0.132. The van der Waals surface area contributed by atoms with E-state index < -0.39 is 0 Å². The molecule has 0 radical (unpaired) electrons. The number of nitrogens with zero attached hydrogens (tertiary/aromatic N) is 3. The van der Waals surface area contributed by atoms with E-state index in [0.717, 1.165) is 42.4 Å². The van der Waals surface area contributed by atoms with Crippen LogP contribution in [0.25, 0.3) is 22.2 Å². The number of anilines is 1. The van der Waals surface area contributed by atoms with E-state index in [9.17, 15) is 4.79 Å². The number of likely N-dealkylation sites (tertiary alicyclic amines) is 1. The molecule has 1 fully saturated rings. The Hall–Kier alpha value is -2.60. The van der Waals surface area contributed by atoms with Crippen molar-refractivity contribution >= 4 is 34.4 Å². The van der Waals surface area contributed by atoms with E-state index in [2.05, 4.69) is 20.3 Å². The number of fused-ring (bicyclic) bond motifs is 1. The number of hydrogen-bond acceptors (Lipinski definition) is 4. The molecule has 7 heteroatoms. The van der Waals surface area contributed by atoms with E-state index in [0.29, 0.717) is 16.7 Å². The zero-order chi connectivity index (χ0) is 18.1. The van der Waals surface area contributed by atoms with Crippen molar-refractivity contribution in [2.45, 2.75) is 25.8 Å². The number of H-pyrrole nitrogens is 1. The van der Waals surface area contributed by atoms with Crippen LogP contribution in [0.3, 0.4) is 0 Å². The summed E-state index contributed by atoms with van der Waals surface area (Å²) >= 11 is 6.37. The molecule has 0 bridgehead atoms. The fourth-order valence-corrected chi connectivity index (χ4v) is 3.61. The van der Waals surface area contributed by atoms with Gasteiger partial charge in [0.1, 0.15) is 0 Å². The molecule has 1 aliphatic rings.